The van der Waals surface area contributed by atoms with Gasteiger partial charge in [0.25, 0.3) is 0 Å². The van der Waals surface area contributed by atoms with Crippen LogP contribution in [0.4, 0.5) is 0 Å². The van der Waals surface area contributed by atoms with E-state index in [4.69, 9.17) is 9.47 Å². The number of ether oxygens (including phenoxy) is 2. The van der Waals surface area contributed by atoms with Crippen molar-refractivity contribution in [3.05, 3.63) is 35.8 Å². The van der Waals surface area contributed by atoms with Crippen molar-refractivity contribution in [2.24, 2.45) is 0 Å². The summed E-state index contributed by atoms with van der Waals surface area (Å²) in [4.78, 5) is 0. The molecular weight excluding hydrogens is 164 g/mol. The molecule has 1 aliphatic rings. The Balaban J connectivity index is 2.68. The maximum Gasteiger partial charge on any atom is 0.156 e. The molecule has 0 radical (unpaired) electrons. The smallest absolute Gasteiger partial charge is 0.156 e. The molecule has 0 amide bonds. The standard InChI is InChI=1S/C11H16O2/c1-9(2)5-6-11-10(3)12-7-4-8-13-11/h5-6H,1,4,7-8H2,2-3H3/b6-5-. The van der Waals surface area contributed by atoms with Crippen LogP contribution in [0.15, 0.2) is 35.8 Å². The van der Waals surface area contributed by atoms with Crippen LogP contribution in [0.5, 0.6) is 0 Å². The van der Waals surface area contributed by atoms with Crippen LogP contribution in [0.3, 0.4) is 0 Å². The predicted octanol–water partition coefficient (Wildman–Crippen LogP) is 2.79. The molecule has 0 aromatic rings. The van der Waals surface area contributed by atoms with Gasteiger partial charge < -0.3 is 9.47 Å². The fourth-order valence-electron chi connectivity index (χ4n) is 1.02. The van der Waals surface area contributed by atoms with E-state index < -0.39 is 0 Å². The summed E-state index contributed by atoms with van der Waals surface area (Å²) in [7, 11) is 0. The third-order valence-electron chi connectivity index (χ3n) is 1.73. The van der Waals surface area contributed by atoms with Gasteiger partial charge in [-0.3, -0.25) is 0 Å². The van der Waals surface area contributed by atoms with Crippen LogP contribution in [-0.2, 0) is 9.47 Å². The Kier molecular flexibility index (Phi) is 3.62. The van der Waals surface area contributed by atoms with E-state index in [-0.39, 0.29) is 0 Å². The van der Waals surface area contributed by atoms with E-state index in [9.17, 15) is 0 Å². The first-order chi connectivity index (χ1) is 6.20. The Labute approximate surface area is 79.5 Å². The maximum absolute atomic E-state index is 5.49. The van der Waals surface area contributed by atoms with E-state index in [0.717, 1.165) is 36.7 Å². The molecule has 0 aromatic heterocycles. The van der Waals surface area contributed by atoms with E-state index in [1.165, 1.54) is 0 Å². The van der Waals surface area contributed by atoms with Crippen LogP contribution in [0.25, 0.3) is 0 Å². The van der Waals surface area contributed by atoms with Crippen LogP contribution >= 0.6 is 0 Å². The molecule has 1 heterocycles. The molecule has 0 saturated heterocycles. The number of hydrogen-bond acceptors (Lipinski definition) is 2. The molecular formula is C11H16O2. The minimum Gasteiger partial charge on any atom is -0.494 e. The van der Waals surface area contributed by atoms with Gasteiger partial charge in [-0.05, 0) is 19.9 Å². The van der Waals surface area contributed by atoms with E-state index in [1.54, 1.807) is 0 Å². The zero-order chi connectivity index (χ0) is 9.68. The van der Waals surface area contributed by atoms with Gasteiger partial charge in [0.1, 0.15) is 5.76 Å². The summed E-state index contributed by atoms with van der Waals surface area (Å²) in [5.41, 5.74) is 1.01. The maximum atomic E-state index is 5.49. The first-order valence-electron chi connectivity index (χ1n) is 4.50. The highest BCUT2D eigenvalue weighted by Gasteiger charge is 2.06. The molecule has 1 aliphatic heterocycles. The van der Waals surface area contributed by atoms with E-state index in [0.29, 0.717) is 0 Å². The van der Waals surface area contributed by atoms with Crippen LogP contribution < -0.4 is 0 Å². The van der Waals surface area contributed by atoms with Crippen LogP contribution in [-0.4, -0.2) is 13.2 Å². The van der Waals surface area contributed by atoms with Crippen molar-refractivity contribution in [3.8, 4) is 0 Å². The monoisotopic (exact) mass is 180 g/mol. The lowest BCUT2D eigenvalue weighted by atomic mass is 10.3. The molecule has 0 atom stereocenters. The molecule has 2 heteroatoms. The van der Waals surface area contributed by atoms with Gasteiger partial charge in [-0.1, -0.05) is 18.2 Å². The Morgan fingerprint density at radius 3 is 2.77 bits per heavy atom. The number of allylic oxidation sites excluding steroid dienone is 4. The predicted molar refractivity (Wildman–Crippen MR) is 53.2 cm³/mol. The summed E-state index contributed by atoms with van der Waals surface area (Å²) in [5, 5.41) is 0. The summed E-state index contributed by atoms with van der Waals surface area (Å²) in [6, 6.07) is 0. The SMILES string of the molecule is C=C(C)/C=C\C1=C(C)OCCCO1. The van der Waals surface area contributed by atoms with E-state index >= 15 is 0 Å². The first kappa shape index (κ1) is 9.90. The normalized spacial score (nSPS) is 18.0. The highest BCUT2D eigenvalue weighted by atomic mass is 16.5. The highest BCUT2D eigenvalue weighted by Crippen LogP contribution is 2.14. The van der Waals surface area contributed by atoms with Crippen molar-refractivity contribution in [1.82, 2.24) is 0 Å². The second kappa shape index (κ2) is 4.75. The zero-order valence-corrected chi connectivity index (χ0v) is 8.30. The van der Waals surface area contributed by atoms with Crippen molar-refractivity contribution < 1.29 is 9.47 Å². The van der Waals surface area contributed by atoms with Gasteiger partial charge >= 0.3 is 0 Å². The van der Waals surface area contributed by atoms with E-state index in [1.807, 2.05) is 26.0 Å². The molecule has 2 nitrogen and oxygen atoms in total. The van der Waals surface area contributed by atoms with Gasteiger partial charge in [0.05, 0.1) is 13.2 Å². The summed E-state index contributed by atoms with van der Waals surface area (Å²) in [6.07, 6.45) is 4.78. The molecule has 0 aromatic carbocycles. The van der Waals surface area contributed by atoms with Gasteiger partial charge in [0.15, 0.2) is 5.76 Å². The summed E-state index contributed by atoms with van der Waals surface area (Å²) < 4.78 is 10.9. The molecule has 13 heavy (non-hydrogen) atoms. The lowest BCUT2D eigenvalue weighted by Crippen LogP contribution is -1.91. The summed E-state index contributed by atoms with van der Waals surface area (Å²) in [6.45, 7) is 9.13. The Bertz CT molecular complexity index is 249. The summed E-state index contributed by atoms with van der Waals surface area (Å²) >= 11 is 0. The molecule has 0 spiro atoms. The second-order valence-corrected chi connectivity index (χ2v) is 3.15. The van der Waals surface area contributed by atoms with Gasteiger partial charge in [-0.25, -0.2) is 0 Å². The van der Waals surface area contributed by atoms with E-state index in [2.05, 4.69) is 6.58 Å². The topological polar surface area (TPSA) is 18.5 Å². The van der Waals surface area contributed by atoms with Gasteiger partial charge in [-0.2, -0.15) is 0 Å². The fourth-order valence-corrected chi connectivity index (χ4v) is 1.02. The average molecular weight is 180 g/mol. The Hall–Kier alpha value is -1.18. The Morgan fingerprint density at radius 2 is 2.08 bits per heavy atom. The summed E-state index contributed by atoms with van der Waals surface area (Å²) in [5.74, 6) is 1.68. The van der Waals surface area contributed by atoms with Crippen LogP contribution in [0.2, 0.25) is 0 Å². The van der Waals surface area contributed by atoms with Crippen molar-refractivity contribution in [2.45, 2.75) is 20.3 Å². The zero-order valence-electron chi connectivity index (χ0n) is 8.30. The molecule has 0 aliphatic carbocycles. The quantitative estimate of drug-likeness (QED) is 0.608. The third-order valence-corrected chi connectivity index (χ3v) is 1.73. The average Bonchev–Trinajstić information content (AvgIpc) is 2.27. The van der Waals surface area contributed by atoms with Crippen molar-refractivity contribution in [2.75, 3.05) is 13.2 Å². The van der Waals surface area contributed by atoms with Gasteiger partial charge in [-0.15, -0.1) is 0 Å². The van der Waals surface area contributed by atoms with Crippen LogP contribution in [0, 0.1) is 0 Å². The third kappa shape index (κ3) is 3.36. The van der Waals surface area contributed by atoms with Gasteiger partial charge in [0.2, 0.25) is 0 Å². The van der Waals surface area contributed by atoms with Gasteiger partial charge in [0, 0.05) is 6.42 Å². The first-order valence-corrected chi connectivity index (χ1v) is 4.50. The molecule has 0 N–H and O–H groups in total. The lowest BCUT2D eigenvalue weighted by molar-refractivity contribution is 0.210. The number of rotatable bonds is 2. The lowest BCUT2D eigenvalue weighted by Gasteiger charge is -2.04. The highest BCUT2D eigenvalue weighted by molar-refractivity contribution is 5.23. The van der Waals surface area contributed by atoms with Crippen molar-refractivity contribution in [1.29, 1.82) is 0 Å². The van der Waals surface area contributed by atoms with Crippen LogP contribution in [0.1, 0.15) is 20.3 Å². The fraction of sp³-hybridized carbons (Fsp3) is 0.455. The second-order valence-electron chi connectivity index (χ2n) is 3.15. The molecule has 1 rings (SSSR count). The molecule has 0 bridgehead atoms. The Morgan fingerprint density at radius 1 is 1.38 bits per heavy atom. The molecule has 0 unspecified atom stereocenters. The molecule has 0 saturated carbocycles. The van der Waals surface area contributed by atoms with Crippen molar-refractivity contribution in [3.63, 3.8) is 0 Å². The minimum atomic E-state index is 0.729. The minimum absolute atomic E-state index is 0.729. The molecule has 72 valence electrons. The largest absolute Gasteiger partial charge is 0.494 e. The van der Waals surface area contributed by atoms with Crippen molar-refractivity contribution >= 4 is 0 Å². The molecule has 0 fully saturated rings. The number of hydrogen-bond donors (Lipinski definition) is 0.